The largest absolute Gasteiger partial charge is 0.481 e. The lowest BCUT2D eigenvalue weighted by atomic mass is 9.87. The molecule has 0 saturated carbocycles. The van der Waals surface area contributed by atoms with Crippen LogP contribution in [0.2, 0.25) is 5.02 Å². The maximum absolute atomic E-state index is 13.9. The number of allylic oxidation sites excluding steroid dienone is 4. The maximum atomic E-state index is 13.9. The fourth-order valence-corrected chi connectivity index (χ4v) is 8.69. The highest BCUT2D eigenvalue weighted by Gasteiger charge is 2.24. The molecule has 0 bridgehead atoms. The van der Waals surface area contributed by atoms with Gasteiger partial charge in [-0.15, -0.1) is 11.8 Å². The minimum absolute atomic E-state index is 0.0191. The van der Waals surface area contributed by atoms with Gasteiger partial charge >= 0.3 is 5.97 Å². The highest BCUT2D eigenvalue weighted by atomic mass is 35.5. The molecule has 4 aromatic rings. The average Bonchev–Trinajstić information content (AvgIpc) is 3.29. The molecule has 11 nitrogen and oxygen atoms in total. The minimum atomic E-state index is -0.896. The van der Waals surface area contributed by atoms with Crippen LogP contribution in [0.25, 0.3) is 5.57 Å². The van der Waals surface area contributed by atoms with Crippen molar-refractivity contribution < 1.29 is 38.5 Å². The van der Waals surface area contributed by atoms with E-state index in [2.05, 4.69) is 29.7 Å². The van der Waals surface area contributed by atoms with Crippen LogP contribution in [0, 0.1) is 0 Å². The molecular formula is C52H58ClN3O8S. The van der Waals surface area contributed by atoms with Crippen molar-refractivity contribution in [2.45, 2.75) is 68.6 Å². The van der Waals surface area contributed by atoms with Crippen LogP contribution < -0.4 is 10.6 Å². The quantitative estimate of drug-likeness (QED) is 0.0519. The second-order valence-electron chi connectivity index (χ2n) is 16.2. The van der Waals surface area contributed by atoms with Gasteiger partial charge in [0.1, 0.15) is 0 Å². The molecule has 6 rings (SSSR count). The van der Waals surface area contributed by atoms with Gasteiger partial charge in [0.25, 0.3) is 11.8 Å². The normalized spacial score (nSPS) is 14.8. The summed E-state index contributed by atoms with van der Waals surface area (Å²) in [5.41, 5.74) is 8.83. The molecule has 3 amide bonds. The topological polar surface area (TPSA) is 144 Å². The second kappa shape index (κ2) is 25.3. The third-order valence-electron chi connectivity index (χ3n) is 11.2. The highest BCUT2D eigenvalue weighted by Crippen LogP contribution is 2.35. The van der Waals surface area contributed by atoms with E-state index in [-0.39, 0.29) is 43.2 Å². The van der Waals surface area contributed by atoms with E-state index in [9.17, 15) is 19.2 Å². The van der Waals surface area contributed by atoms with Crippen molar-refractivity contribution in [1.29, 1.82) is 0 Å². The second-order valence-corrected chi connectivity index (χ2v) is 17.7. The third kappa shape index (κ3) is 15.6. The van der Waals surface area contributed by atoms with E-state index in [1.807, 2.05) is 85.0 Å². The number of carbonyl (C=O) groups excluding carboxylic acids is 3. The first-order valence-electron chi connectivity index (χ1n) is 22.1. The van der Waals surface area contributed by atoms with Crippen molar-refractivity contribution >= 4 is 58.3 Å². The number of fused-ring (bicyclic) bond motifs is 1. The van der Waals surface area contributed by atoms with Gasteiger partial charge < -0.3 is 34.9 Å². The van der Waals surface area contributed by atoms with Crippen molar-refractivity contribution in [3.05, 3.63) is 159 Å². The fraction of sp³-hybridized carbons (Fsp3) is 0.346. The summed E-state index contributed by atoms with van der Waals surface area (Å²) >= 11 is 8.22. The summed E-state index contributed by atoms with van der Waals surface area (Å²) in [6.45, 7) is 4.46. The fourth-order valence-electron chi connectivity index (χ4n) is 7.59. The zero-order valence-electron chi connectivity index (χ0n) is 37.1. The summed E-state index contributed by atoms with van der Waals surface area (Å²) in [7, 11) is 1.76. The maximum Gasteiger partial charge on any atom is 0.305 e. The van der Waals surface area contributed by atoms with Gasteiger partial charge in [0.15, 0.2) is 0 Å². The van der Waals surface area contributed by atoms with Crippen molar-refractivity contribution in [2.75, 3.05) is 58.6 Å². The van der Waals surface area contributed by atoms with Crippen molar-refractivity contribution in [1.82, 2.24) is 10.2 Å². The number of aliphatic carboxylic acids is 1. The zero-order chi connectivity index (χ0) is 46.0. The van der Waals surface area contributed by atoms with Crippen LogP contribution in [0.1, 0.15) is 83.2 Å². The lowest BCUT2D eigenvalue weighted by molar-refractivity contribution is -0.138. The van der Waals surface area contributed by atoms with Crippen LogP contribution in [0.3, 0.4) is 0 Å². The van der Waals surface area contributed by atoms with E-state index < -0.39 is 5.97 Å². The number of halogens is 1. The molecule has 0 aliphatic heterocycles. The molecule has 0 spiro atoms. The van der Waals surface area contributed by atoms with Gasteiger partial charge in [-0.3, -0.25) is 19.2 Å². The first-order valence-corrected chi connectivity index (χ1v) is 23.5. The van der Waals surface area contributed by atoms with Gasteiger partial charge in [0.05, 0.1) is 58.5 Å². The number of benzene rings is 4. The summed E-state index contributed by atoms with van der Waals surface area (Å²) in [6, 6.07) is 29.2. The lowest BCUT2D eigenvalue weighted by Crippen LogP contribution is -2.31. The number of nitrogens with zero attached hydrogens (tertiary/aromatic N) is 1. The standard InChI is InChI=1S/C52H58ClN3O8S/c1-36-16-18-40(33-42(19-17-36)52(61)54-47-15-7-11-39-10-3-4-14-45(39)47)46-34-43(53)20-21-48(46)55-51(60)41-12-5-9-38(30-41)35-65-44-13-6-8-37(31-44)32-49(57)56(2)23-25-63-27-29-64-28-26-62-24-22-50(58)59/h3-6,8-10,12-14,17,19-21,30-31,33-34,47H,7,11,15-16,18,22-29,32,35H2,1-2H3,(H,54,61)(H,55,60)(H,58,59). The molecule has 0 saturated heterocycles. The van der Waals surface area contributed by atoms with E-state index in [0.717, 1.165) is 58.4 Å². The monoisotopic (exact) mass is 919 g/mol. The Bertz CT molecular complexity index is 2400. The van der Waals surface area contributed by atoms with Crippen molar-refractivity contribution in [2.24, 2.45) is 0 Å². The Morgan fingerprint density at radius 3 is 2.37 bits per heavy atom. The van der Waals surface area contributed by atoms with Crippen LogP contribution in [0.5, 0.6) is 0 Å². The van der Waals surface area contributed by atoms with E-state index in [1.165, 1.54) is 11.1 Å². The molecule has 342 valence electrons. The van der Waals surface area contributed by atoms with Crippen LogP contribution in [-0.2, 0) is 47.2 Å². The number of aryl methyl sites for hydroxylation is 1. The highest BCUT2D eigenvalue weighted by molar-refractivity contribution is 7.98. The summed E-state index contributed by atoms with van der Waals surface area (Å²) in [4.78, 5) is 54.0. The molecule has 2 aliphatic carbocycles. The van der Waals surface area contributed by atoms with Gasteiger partial charge in [-0.25, -0.2) is 0 Å². The average molecular weight is 921 g/mol. The molecule has 13 heteroatoms. The molecule has 0 fully saturated rings. The number of amides is 3. The number of carboxylic acid groups (broad SMARTS) is 1. The number of nitrogens with one attached hydrogen (secondary N) is 2. The van der Waals surface area contributed by atoms with Gasteiger partial charge in [-0.05, 0) is 121 Å². The van der Waals surface area contributed by atoms with Gasteiger partial charge in [-0.2, -0.15) is 0 Å². The van der Waals surface area contributed by atoms with E-state index in [4.69, 9.17) is 30.9 Å². The van der Waals surface area contributed by atoms with Gasteiger partial charge in [0.2, 0.25) is 5.91 Å². The first kappa shape index (κ1) is 48.9. The zero-order valence-corrected chi connectivity index (χ0v) is 38.7. The number of hydrogen-bond acceptors (Lipinski definition) is 8. The summed E-state index contributed by atoms with van der Waals surface area (Å²) < 4.78 is 16.2. The van der Waals surface area contributed by atoms with Crippen LogP contribution in [-0.4, -0.2) is 86.9 Å². The molecule has 2 aliphatic rings. The number of carbonyl (C=O) groups is 4. The van der Waals surface area contributed by atoms with Crippen LogP contribution in [0.15, 0.2) is 125 Å². The summed E-state index contributed by atoms with van der Waals surface area (Å²) in [5.74, 6) is -0.694. The van der Waals surface area contributed by atoms with Crippen LogP contribution in [0.4, 0.5) is 5.69 Å². The SMILES string of the molecule is CC1=CC=C(C(=O)NC2CCCc3ccccc32)C=C(c2cc(Cl)ccc2NC(=O)c2cccc(CSc3cccc(CC(=O)N(C)CCOCCOCCOCCC(=O)O)c3)c2)CC1. The number of ether oxygens (including phenoxy) is 3. The first-order chi connectivity index (χ1) is 31.5. The number of anilines is 1. The Labute approximate surface area is 391 Å². The Morgan fingerprint density at radius 1 is 0.800 bits per heavy atom. The summed E-state index contributed by atoms with van der Waals surface area (Å²) in [6.07, 6.45) is 10.4. The molecule has 0 heterocycles. The molecule has 1 unspecified atom stereocenters. The smallest absolute Gasteiger partial charge is 0.305 e. The molecular weight excluding hydrogens is 862 g/mol. The minimum Gasteiger partial charge on any atom is -0.481 e. The number of likely N-dealkylation sites (N-methyl/N-ethyl adjacent to an activating group) is 1. The number of rotatable bonds is 22. The number of thioether (sulfide) groups is 1. The lowest BCUT2D eigenvalue weighted by Gasteiger charge is -2.26. The Morgan fingerprint density at radius 2 is 1.55 bits per heavy atom. The van der Waals surface area contributed by atoms with Crippen molar-refractivity contribution in [3.63, 3.8) is 0 Å². The van der Waals surface area contributed by atoms with Gasteiger partial charge in [-0.1, -0.05) is 71.8 Å². The Balaban J connectivity index is 1.01. The third-order valence-corrected chi connectivity index (χ3v) is 12.5. The molecule has 1 atom stereocenters. The molecule has 0 aromatic heterocycles. The van der Waals surface area contributed by atoms with E-state index in [1.54, 1.807) is 35.8 Å². The van der Waals surface area contributed by atoms with Crippen molar-refractivity contribution in [3.8, 4) is 0 Å². The number of carboxylic acids is 1. The van der Waals surface area contributed by atoms with E-state index >= 15 is 0 Å². The molecule has 0 radical (unpaired) electrons. The predicted molar refractivity (Wildman–Crippen MR) is 257 cm³/mol. The summed E-state index contributed by atoms with van der Waals surface area (Å²) in [5, 5.41) is 15.6. The number of hydrogen-bond donors (Lipinski definition) is 3. The van der Waals surface area contributed by atoms with Gasteiger partial charge in [0, 0.05) is 51.7 Å². The van der Waals surface area contributed by atoms with Crippen LogP contribution >= 0.6 is 23.4 Å². The molecule has 3 N–H and O–H groups in total. The predicted octanol–water partition coefficient (Wildman–Crippen LogP) is 9.65. The molecule has 65 heavy (non-hydrogen) atoms. The molecule has 4 aromatic carbocycles. The van der Waals surface area contributed by atoms with E-state index in [0.29, 0.717) is 73.6 Å². The Kier molecular flexibility index (Phi) is 19.0. The Hall–Kier alpha value is -5.50.